The molecule has 0 fully saturated rings. The quantitative estimate of drug-likeness (QED) is 0.474. The van der Waals surface area contributed by atoms with Crippen molar-refractivity contribution < 1.29 is 4.79 Å². The summed E-state index contributed by atoms with van der Waals surface area (Å²) in [6.45, 7) is 9.26. The molecule has 7 nitrogen and oxygen atoms in total. The topological polar surface area (TPSA) is 103 Å². The SMILES string of the molecule is C=N/C=C(/C(=O)NCC)C(=NC)Nc1cccc(C(C)(C)C#N)n1. The molecule has 0 spiro atoms. The second-order valence-electron chi connectivity index (χ2n) is 5.43. The van der Waals surface area contributed by atoms with Gasteiger partial charge in [-0.25, -0.2) is 4.98 Å². The smallest absolute Gasteiger partial charge is 0.256 e. The van der Waals surface area contributed by atoms with Gasteiger partial charge in [0.25, 0.3) is 5.91 Å². The summed E-state index contributed by atoms with van der Waals surface area (Å²) in [5, 5.41) is 14.9. The fourth-order valence-electron chi connectivity index (χ4n) is 1.85. The van der Waals surface area contributed by atoms with Crippen molar-refractivity contribution in [1.29, 1.82) is 5.26 Å². The molecule has 1 amide bonds. The highest BCUT2D eigenvalue weighted by atomic mass is 16.1. The molecule has 0 aromatic carbocycles. The summed E-state index contributed by atoms with van der Waals surface area (Å²) in [7, 11) is 1.56. The third-order valence-electron chi connectivity index (χ3n) is 3.20. The predicted molar refractivity (Wildman–Crippen MR) is 96.2 cm³/mol. The number of aromatic nitrogens is 1. The van der Waals surface area contributed by atoms with Crippen LogP contribution >= 0.6 is 0 Å². The van der Waals surface area contributed by atoms with Gasteiger partial charge in [-0.3, -0.25) is 14.8 Å². The molecule has 1 aromatic rings. The Morgan fingerprint density at radius 3 is 2.75 bits per heavy atom. The van der Waals surface area contributed by atoms with Gasteiger partial charge in [0.1, 0.15) is 11.7 Å². The molecule has 0 bridgehead atoms. The number of nitrogens with one attached hydrogen (secondary N) is 2. The fraction of sp³-hybridized carbons (Fsp3) is 0.353. The van der Waals surface area contributed by atoms with Crippen LogP contribution in [-0.2, 0) is 10.2 Å². The Hall–Kier alpha value is -3.01. The Labute approximate surface area is 142 Å². The van der Waals surface area contributed by atoms with Gasteiger partial charge in [-0.05, 0) is 39.6 Å². The maximum absolute atomic E-state index is 12.1. The number of nitrogens with zero attached hydrogens (tertiary/aromatic N) is 4. The first-order valence-electron chi connectivity index (χ1n) is 7.46. The van der Waals surface area contributed by atoms with Crippen molar-refractivity contribution in [3.63, 3.8) is 0 Å². The van der Waals surface area contributed by atoms with Crippen molar-refractivity contribution in [3.05, 3.63) is 35.7 Å². The molecule has 0 unspecified atom stereocenters. The van der Waals surface area contributed by atoms with E-state index in [0.29, 0.717) is 23.9 Å². The van der Waals surface area contributed by atoms with Crippen molar-refractivity contribution in [1.82, 2.24) is 10.3 Å². The number of amidine groups is 1. The number of amides is 1. The lowest BCUT2D eigenvalue weighted by Crippen LogP contribution is -2.31. The lowest BCUT2D eigenvalue weighted by atomic mass is 9.91. The van der Waals surface area contributed by atoms with Crippen LogP contribution in [0.15, 0.2) is 40.0 Å². The number of nitriles is 1. The van der Waals surface area contributed by atoms with Crippen LogP contribution in [0.25, 0.3) is 0 Å². The predicted octanol–water partition coefficient (Wildman–Crippen LogP) is 2.04. The Morgan fingerprint density at radius 2 is 2.21 bits per heavy atom. The molecular weight excluding hydrogens is 304 g/mol. The van der Waals surface area contributed by atoms with Crippen LogP contribution < -0.4 is 10.6 Å². The highest BCUT2D eigenvalue weighted by molar-refractivity contribution is 6.25. The van der Waals surface area contributed by atoms with E-state index >= 15 is 0 Å². The Morgan fingerprint density at radius 1 is 1.50 bits per heavy atom. The fourth-order valence-corrected chi connectivity index (χ4v) is 1.85. The molecule has 0 aliphatic carbocycles. The van der Waals surface area contributed by atoms with Gasteiger partial charge in [-0.15, -0.1) is 0 Å². The molecule has 0 aliphatic heterocycles. The molecule has 7 heteroatoms. The molecular formula is C17H22N6O. The third kappa shape index (κ3) is 4.74. The minimum Gasteiger partial charge on any atom is -0.352 e. The van der Waals surface area contributed by atoms with Crippen LogP contribution in [-0.4, -0.2) is 37.0 Å². The van der Waals surface area contributed by atoms with E-state index < -0.39 is 5.41 Å². The average molecular weight is 326 g/mol. The summed E-state index contributed by atoms with van der Waals surface area (Å²) >= 11 is 0. The van der Waals surface area contributed by atoms with E-state index in [0.717, 1.165) is 0 Å². The highest BCUT2D eigenvalue weighted by Gasteiger charge is 2.22. The molecule has 126 valence electrons. The first kappa shape index (κ1) is 19.0. The summed E-state index contributed by atoms with van der Waals surface area (Å²) in [5.74, 6) is 0.481. The molecule has 2 N–H and O–H groups in total. The van der Waals surface area contributed by atoms with E-state index in [1.807, 2.05) is 6.92 Å². The lowest BCUT2D eigenvalue weighted by molar-refractivity contribution is -0.116. The van der Waals surface area contributed by atoms with Gasteiger partial charge >= 0.3 is 0 Å². The minimum absolute atomic E-state index is 0.251. The van der Waals surface area contributed by atoms with Crippen LogP contribution in [0.5, 0.6) is 0 Å². The second kappa shape index (κ2) is 8.58. The Balaban J connectivity index is 3.15. The van der Waals surface area contributed by atoms with Crippen molar-refractivity contribution in [3.8, 4) is 6.07 Å². The maximum atomic E-state index is 12.1. The molecule has 0 aliphatic rings. The Bertz CT molecular complexity index is 712. The molecule has 1 heterocycles. The van der Waals surface area contributed by atoms with Gasteiger partial charge < -0.3 is 10.6 Å². The van der Waals surface area contributed by atoms with Gasteiger partial charge in [0, 0.05) is 19.8 Å². The molecule has 0 atom stereocenters. The van der Waals surface area contributed by atoms with Gasteiger partial charge in [0.2, 0.25) is 0 Å². The van der Waals surface area contributed by atoms with Gasteiger partial charge in [-0.2, -0.15) is 5.26 Å². The van der Waals surface area contributed by atoms with Crippen LogP contribution in [0.4, 0.5) is 5.82 Å². The van der Waals surface area contributed by atoms with Crippen LogP contribution in [0.2, 0.25) is 0 Å². The van der Waals surface area contributed by atoms with Crippen molar-refractivity contribution in [2.24, 2.45) is 9.98 Å². The first-order valence-corrected chi connectivity index (χ1v) is 7.46. The van der Waals surface area contributed by atoms with Gasteiger partial charge in [-0.1, -0.05) is 6.07 Å². The zero-order valence-electron chi connectivity index (χ0n) is 14.4. The third-order valence-corrected chi connectivity index (χ3v) is 3.20. The maximum Gasteiger partial charge on any atom is 0.256 e. The number of carbonyl (C=O) groups excluding carboxylic acids is 1. The standard InChI is InChI=1S/C17H22N6O/c1-6-21-16(24)12(10-19-4)15(20-5)23-14-9-7-8-13(22-14)17(2,3)11-18/h7-10H,4,6H2,1-3,5H3,(H,21,24)(H,20,22,23)/b12-10+. The van der Waals surface area contributed by atoms with Gasteiger partial charge in [0.05, 0.1) is 22.8 Å². The number of likely N-dealkylation sites (N-methyl/N-ethyl adjacent to an activating group) is 1. The largest absolute Gasteiger partial charge is 0.352 e. The average Bonchev–Trinajstić information content (AvgIpc) is 2.58. The number of aliphatic imine (C=N–C) groups is 2. The summed E-state index contributed by atoms with van der Waals surface area (Å²) in [6, 6.07) is 7.52. The molecule has 1 aromatic heterocycles. The van der Waals surface area contributed by atoms with E-state index in [4.69, 9.17) is 0 Å². The first-order chi connectivity index (χ1) is 11.4. The van der Waals surface area contributed by atoms with Crippen molar-refractivity contribution >= 4 is 24.3 Å². The van der Waals surface area contributed by atoms with E-state index in [1.165, 1.54) is 6.20 Å². The lowest BCUT2D eigenvalue weighted by Gasteiger charge is -2.17. The van der Waals surface area contributed by atoms with E-state index in [2.05, 4.69) is 38.4 Å². The monoisotopic (exact) mass is 326 g/mol. The van der Waals surface area contributed by atoms with E-state index in [9.17, 15) is 10.1 Å². The number of pyridine rings is 1. The number of anilines is 1. The number of rotatable bonds is 6. The second-order valence-corrected chi connectivity index (χ2v) is 5.43. The van der Waals surface area contributed by atoms with E-state index in [-0.39, 0.29) is 11.5 Å². The summed E-state index contributed by atoms with van der Waals surface area (Å²) < 4.78 is 0. The molecule has 1 rings (SSSR count). The zero-order chi connectivity index (χ0) is 18.2. The minimum atomic E-state index is -0.720. The van der Waals surface area contributed by atoms with E-state index in [1.54, 1.807) is 39.1 Å². The summed E-state index contributed by atoms with van der Waals surface area (Å²) in [4.78, 5) is 24.3. The summed E-state index contributed by atoms with van der Waals surface area (Å²) in [6.07, 6.45) is 1.34. The highest BCUT2D eigenvalue weighted by Crippen LogP contribution is 2.21. The Kier molecular flexibility index (Phi) is 6.80. The number of hydrogen-bond acceptors (Lipinski definition) is 5. The van der Waals surface area contributed by atoms with Crippen LogP contribution in [0, 0.1) is 11.3 Å². The zero-order valence-corrected chi connectivity index (χ0v) is 14.4. The molecule has 0 saturated carbocycles. The number of hydrogen-bond donors (Lipinski definition) is 2. The summed E-state index contributed by atoms with van der Waals surface area (Å²) in [5.41, 5.74) is 0.152. The molecule has 0 saturated heterocycles. The number of carbonyl (C=O) groups is 1. The van der Waals surface area contributed by atoms with Crippen LogP contribution in [0.3, 0.4) is 0 Å². The van der Waals surface area contributed by atoms with Crippen molar-refractivity contribution in [2.45, 2.75) is 26.2 Å². The van der Waals surface area contributed by atoms with Crippen LogP contribution in [0.1, 0.15) is 26.5 Å². The molecule has 24 heavy (non-hydrogen) atoms. The normalized spacial score (nSPS) is 12.3. The van der Waals surface area contributed by atoms with Crippen molar-refractivity contribution in [2.75, 3.05) is 18.9 Å². The van der Waals surface area contributed by atoms with Gasteiger partial charge in [0.15, 0.2) is 0 Å². The molecule has 0 radical (unpaired) electrons.